The van der Waals surface area contributed by atoms with Crippen LogP contribution in [0.2, 0.25) is 0 Å². The van der Waals surface area contributed by atoms with Crippen molar-refractivity contribution in [3.8, 4) is 0 Å². The van der Waals surface area contributed by atoms with E-state index in [0.29, 0.717) is 5.78 Å². The first-order chi connectivity index (χ1) is 39.6. The van der Waals surface area contributed by atoms with Gasteiger partial charge in [-0.3, -0.25) is 4.79 Å². The van der Waals surface area contributed by atoms with Crippen molar-refractivity contribution in [1.29, 1.82) is 0 Å². The number of hydrogen-bond acceptors (Lipinski definition) is 1. The van der Waals surface area contributed by atoms with E-state index in [2.05, 4.69) is 280 Å². The molecule has 6 heteroatoms. The van der Waals surface area contributed by atoms with E-state index >= 15 is 0 Å². The molecule has 0 heterocycles. The molecule has 8 aromatic rings. The van der Waals surface area contributed by atoms with Crippen LogP contribution in [-0.4, -0.2) is 48.6 Å². The van der Waals surface area contributed by atoms with Crippen LogP contribution >= 0.6 is 0 Å². The lowest BCUT2D eigenvalue weighted by atomic mass is 10.1. The maximum Gasteiger partial charge on any atom is 0.357 e. The predicted molar refractivity (Wildman–Crippen MR) is 389 cm³/mol. The largest absolute Gasteiger partial charge is 0.357 e. The van der Waals surface area contributed by atoms with E-state index in [1.54, 1.807) is 6.92 Å². The molecule has 0 aromatic heterocycles. The van der Waals surface area contributed by atoms with Crippen molar-refractivity contribution in [1.82, 2.24) is 0 Å². The quantitative estimate of drug-likeness (QED) is 0.0758. The second-order valence-corrected chi connectivity index (χ2v) is 25.0. The smallest absolute Gasteiger partial charge is 0.294 e. The fraction of sp³-hybridized carbons (Fsp3) is 0.355. The Labute approximate surface area is 533 Å². The Balaban J connectivity index is -0.000000160. The molecule has 0 amide bonds. The van der Waals surface area contributed by atoms with Gasteiger partial charge in [-0.05, 0) is 127 Å². The van der Waals surface area contributed by atoms with E-state index in [1.807, 2.05) is 118 Å². The van der Waals surface area contributed by atoms with Crippen molar-refractivity contribution in [2.45, 2.75) is 163 Å². The zero-order valence-corrected chi connectivity index (χ0v) is 60.8. The minimum absolute atomic E-state index is 0. The molecule has 0 N–H and O–H groups in total. The van der Waals surface area contributed by atoms with Crippen molar-refractivity contribution in [2.75, 3.05) is 37.5 Å². The van der Waals surface area contributed by atoms with Gasteiger partial charge in [0.15, 0.2) is 37.8 Å². The Morgan fingerprint density at radius 3 is 0.683 bits per heavy atom. The van der Waals surface area contributed by atoms with Crippen molar-refractivity contribution in [3.05, 3.63) is 261 Å². The predicted octanol–water partition coefficient (Wildman–Crippen LogP) is 19.5. The van der Waals surface area contributed by atoms with Gasteiger partial charge < -0.3 is 0 Å². The number of carbonyl (C=O) groups is 1. The summed E-state index contributed by atoms with van der Waals surface area (Å²) in [6, 6.07) is 85.0. The third-order valence-corrected chi connectivity index (χ3v) is 17.8. The highest BCUT2D eigenvalue weighted by Crippen LogP contribution is 2.21. The van der Waals surface area contributed by atoms with Crippen molar-refractivity contribution >= 4 is 50.2 Å². The number of hydrogen-bond donors (Lipinski definition) is 0. The van der Waals surface area contributed by atoms with Crippen LogP contribution < -0.4 is 21.2 Å². The molecule has 0 saturated carbocycles. The molecule has 8 rings (SSSR count). The van der Waals surface area contributed by atoms with Crippen molar-refractivity contribution in [2.24, 2.45) is 0 Å². The molecule has 0 spiro atoms. The van der Waals surface area contributed by atoms with Crippen LogP contribution in [0.1, 0.15) is 143 Å². The van der Waals surface area contributed by atoms with Gasteiger partial charge in [-0.15, -0.1) is 0 Å². The summed E-state index contributed by atoms with van der Waals surface area (Å²) >= 11 is 1.45. The van der Waals surface area contributed by atoms with Gasteiger partial charge in [0.25, 0.3) is 0 Å². The molecule has 1 atom stereocenters. The van der Waals surface area contributed by atoms with Gasteiger partial charge in [-0.25, -0.2) is 0 Å². The average Bonchev–Trinajstić information content (AvgIpc) is 3.58. The highest BCUT2D eigenvalue weighted by Gasteiger charge is 2.20. The third-order valence-electron chi connectivity index (χ3n) is 9.44. The van der Waals surface area contributed by atoms with E-state index < -0.39 is 0 Å². The zero-order chi connectivity index (χ0) is 62.9. The lowest BCUT2D eigenvalue weighted by Crippen LogP contribution is -3.61. The summed E-state index contributed by atoms with van der Waals surface area (Å²) in [6.07, 6.45) is 13.9. The minimum atomic E-state index is 0. The monoisotopic (exact) mass is 1300 g/mol. The Kier molecular flexibility index (Phi) is 80.9. The van der Waals surface area contributed by atoms with E-state index in [0.717, 1.165) is 6.42 Å². The summed E-state index contributed by atoms with van der Waals surface area (Å²) < 4.78 is 2.96. The van der Waals surface area contributed by atoms with E-state index in [-0.39, 0.29) is 66.6 Å². The van der Waals surface area contributed by atoms with Crippen LogP contribution in [0.4, 0.5) is 0 Å². The van der Waals surface area contributed by atoms with Crippen LogP contribution in [0.5, 0.6) is 0 Å². The zero-order valence-electron chi connectivity index (χ0n) is 55.3. The van der Waals surface area contributed by atoms with Crippen LogP contribution in [0, 0.1) is 7.14 Å². The summed E-state index contributed by atoms with van der Waals surface area (Å²) in [5.74, 6) is 0.304. The number of thiol groups is 1. The van der Waals surface area contributed by atoms with Gasteiger partial charge >= 0.3 is 21.2 Å². The summed E-state index contributed by atoms with van der Waals surface area (Å²) in [5.41, 5.74) is 2.74. The topological polar surface area (TPSA) is 17.1 Å². The first-order valence-corrected chi connectivity index (χ1v) is 38.8. The number of carbonyl (C=O) groups excluding carboxylic acids is 1. The van der Waals surface area contributed by atoms with Crippen LogP contribution in [0.3, 0.4) is 0 Å². The second-order valence-electron chi connectivity index (χ2n) is 14.7. The van der Waals surface area contributed by atoms with Gasteiger partial charge in [0.1, 0.15) is 12.5 Å². The summed E-state index contributed by atoms with van der Waals surface area (Å²) in [5, 5.41) is 0.259. The van der Waals surface area contributed by atoms with Gasteiger partial charge in [-0.2, -0.15) is 0 Å². The Bertz CT molecular complexity index is 2030. The standard InChI is InChI=1S/2C13H13S.C13H12.C12H10I.C6H13OS.C2H6S.8C2H6.CH4/c2*1-14(12-8-4-2-5-9-12)13-10-6-3-7-11-13;1-3-7-12(8-4-1)11-13-9-5-2-6-10-13;1-3-7-11(8-4-1)13-12-9-5-2-6-10-12;1-5(7)6(2)8(3)4;1-3-2;8*1-2;/h2*2-11H,1H3;1-10H,11H2;1-10H;6H,1-4H3;1-2H3;8*1-2H3;1H4/q2*+1;;2*+1;;;;;;;;;;/p+1. The molecule has 8 aromatic carbocycles. The van der Waals surface area contributed by atoms with E-state index in [9.17, 15) is 4.79 Å². The molecule has 0 aliphatic carbocycles. The van der Waals surface area contributed by atoms with E-state index in [4.69, 9.17) is 0 Å². The summed E-state index contributed by atoms with van der Waals surface area (Å²) in [6.45, 7) is 35.6. The lowest BCUT2D eigenvalue weighted by molar-refractivity contribution is -0.597. The number of benzene rings is 8. The molecule has 0 bridgehead atoms. The van der Waals surface area contributed by atoms with E-state index in [1.165, 1.54) is 49.6 Å². The van der Waals surface area contributed by atoms with Gasteiger partial charge in [0.05, 0.1) is 46.8 Å². The molecule has 0 fully saturated rings. The molecule has 1 nitrogen and oxygen atoms in total. The fourth-order valence-electron chi connectivity index (χ4n) is 5.61. The van der Waals surface area contributed by atoms with Crippen LogP contribution in [-0.2, 0) is 55.7 Å². The highest BCUT2D eigenvalue weighted by atomic mass is 127. The van der Waals surface area contributed by atoms with Crippen LogP contribution in [0.25, 0.3) is 0 Å². The number of halogens is 1. The second kappa shape index (κ2) is 72.7. The van der Waals surface area contributed by atoms with Crippen molar-refractivity contribution in [3.63, 3.8) is 0 Å². The number of rotatable bonds is 10. The molecule has 0 aliphatic heterocycles. The van der Waals surface area contributed by atoms with Crippen LogP contribution in [0.15, 0.2) is 262 Å². The summed E-state index contributed by atoms with van der Waals surface area (Å²) in [7, 11) is 0.666. The number of ketones is 1. The molecule has 82 heavy (non-hydrogen) atoms. The number of Topliss-reactive ketones (excluding diaryl/α,β-unsaturated/α-hetero) is 1. The lowest BCUT2D eigenvalue weighted by Gasteiger charge is -2.00. The first kappa shape index (κ1) is 91.3. The fourth-order valence-corrected chi connectivity index (χ4v) is 11.3. The molecular formula is C76H120IOS4+5. The highest BCUT2D eigenvalue weighted by molar-refractivity contribution is 7.97. The SMILES string of the molecule is C.CC.CC.CC.CC.CC.CC.CC.CC.CC(=O)C(C)[S+](C)C.C[S+](c1ccccc1)c1ccccc1.C[S+](c1ccccc1)c1ccccc1.C[SH+]C.c1ccc(Cc2ccccc2)cc1.c1ccc([I+]c2ccccc2)cc1. The maximum atomic E-state index is 10.6. The van der Waals surface area contributed by atoms with Gasteiger partial charge in [0, 0.05) is 0 Å². The maximum absolute atomic E-state index is 10.6. The summed E-state index contributed by atoms with van der Waals surface area (Å²) in [4.78, 5) is 16.2. The normalized spacial score (nSPS) is 8.87. The average molecular weight is 1300 g/mol. The van der Waals surface area contributed by atoms with Crippen molar-refractivity contribution < 1.29 is 26.0 Å². The third kappa shape index (κ3) is 50.1. The Hall–Kier alpha value is -4.44. The molecule has 456 valence electrons. The minimum Gasteiger partial charge on any atom is -0.294 e. The molecule has 0 aliphatic rings. The molecular weight excluding hydrogens is 1180 g/mol. The van der Waals surface area contributed by atoms with Gasteiger partial charge in [0.2, 0.25) is 0 Å². The first-order valence-electron chi connectivity index (χ1n) is 29.5. The Morgan fingerprint density at radius 2 is 0.524 bits per heavy atom. The molecule has 0 radical (unpaired) electrons. The molecule has 1 unspecified atom stereocenters. The Morgan fingerprint density at radius 1 is 0.354 bits per heavy atom. The molecule has 0 saturated heterocycles. The van der Waals surface area contributed by atoms with Gasteiger partial charge in [-0.1, -0.05) is 288 Å².